The number of nitrogens with one attached hydrogen (secondary N) is 1. The van der Waals surface area contributed by atoms with Gasteiger partial charge in [0.25, 0.3) is 0 Å². The molecule has 0 unspecified atom stereocenters. The van der Waals surface area contributed by atoms with Gasteiger partial charge < -0.3 is 0 Å². The summed E-state index contributed by atoms with van der Waals surface area (Å²) in [6.45, 7) is 0.931. The standard InChI is InChI=1S/C13H12N2/c1-2-7-12(8-3-1)15-10-11-6-4-5-9-13(11)14-15/h1-9,14H,10H2. The van der Waals surface area contributed by atoms with Crippen LogP contribution in [-0.4, -0.2) is 0 Å². The normalized spacial score (nSPS) is 13.5. The van der Waals surface area contributed by atoms with Gasteiger partial charge in [0.1, 0.15) is 0 Å². The number of hydrazine groups is 1. The Labute approximate surface area is 89.1 Å². The maximum Gasteiger partial charge on any atom is 0.0665 e. The predicted octanol–water partition coefficient (Wildman–Crippen LogP) is 3.03. The molecule has 0 atom stereocenters. The SMILES string of the molecule is c1ccc(N2Cc3ccccc3N2)cc1. The second-order valence-electron chi connectivity index (χ2n) is 3.69. The van der Waals surface area contributed by atoms with Crippen molar-refractivity contribution in [3.8, 4) is 0 Å². The third-order valence-corrected chi connectivity index (χ3v) is 2.67. The summed E-state index contributed by atoms with van der Waals surface area (Å²) in [5.41, 5.74) is 7.14. The highest BCUT2D eigenvalue weighted by molar-refractivity contribution is 5.64. The molecule has 2 aromatic carbocycles. The molecule has 0 aliphatic carbocycles. The van der Waals surface area contributed by atoms with Crippen molar-refractivity contribution < 1.29 is 0 Å². The number of nitrogens with zero attached hydrogens (tertiary/aromatic N) is 1. The molecule has 0 amide bonds. The molecule has 0 saturated carbocycles. The Morgan fingerprint density at radius 2 is 1.60 bits per heavy atom. The van der Waals surface area contributed by atoms with Crippen molar-refractivity contribution in [3.05, 3.63) is 60.2 Å². The molecule has 2 heteroatoms. The van der Waals surface area contributed by atoms with Gasteiger partial charge in [0.15, 0.2) is 0 Å². The van der Waals surface area contributed by atoms with E-state index in [1.807, 2.05) is 6.07 Å². The first-order valence-corrected chi connectivity index (χ1v) is 5.11. The van der Waals surface area contributed by atoms with Gasteiger partial charge in [-0.3, -0.25) is 10.4 Å². The molecule has 2 aromatic rings. The van der Waals surface area contributed by atoms with Gasteiger partial charge in [0.05, 0.1) is 17.9 Å². The minimum Gasteiger partial charge on any atom is -0.298 e. The Morgan fingerprint density at radius 3 is 2.40 bits per heavy atom. The van der Waals surface area contributed by atoms with E-state index in [-0.39, 0.29) is 0 Å². The van der Waals surface area contributed by atoms with Crippen LogP contribution < -0.4 is 10.4 Å². The minimum atomic E-state index is 0.931. The van der Waals surface area contributed by atoms with Crippen LogP contribution in [0.15, 0.2) is 54.6 Å². The number of anilines is 2. The quantitative estimate of drug-likeness (QED) is 0.754. The molecular weight excluding hydrogens is 184 g/mol. The average Bonchev–Trinajstić information content (AvgIpc) is 2.74. The molecular formula is C13H12N2. The van der Waals surface area contributed by atoms with Gasteiger partial charge in [-0.1, -0.05) is 36.4 Å². The molecule has 1 aliphatic rings. The average molecular weight is 196 g/mol. The molecule has 0 fully saturated rings. The molecule has 0 spiro atoms. The summed E-state index contributed by atoms with van der Waals surface area (Å²) < 4.78 is 0. The van der Waals surface area contributed by atoms with Gasteiger partial charge in [-0.05, 0) is 23.8 Å². The van der Waals surface area contributed by atoms with Crippen molar-refractivity contribution in [3.63, 3.8) is 0 Å². The first kappa shape index (κ1) is 8.36. The maximum absolute atomic E-state index is 3.38. The van der Waals surface area contributed by atoms with Gasteiger partial charge in [-0.25, -0.2) is 0 Å². The molecule has 1 aliphatic heterocycles. The van der Waals surface area contributed by atoms with Gasteiger partial charge in [0, 0.05) is 0 Å². The number of fused-ring (bicyclic) bond motifs is 1. The lowest BCUT2D eigenvalue weighted by atomic mass is 10.2. The summed E-state index contributed by atoms with van der Waals surface area (Å²) in [6, 6.07) is 18.8. The smallest absolute Gasteiger partial charge is 0.0665 e. The molecule has 3 rings (SSSR count). The van der Waals surface area contributed by atoms with Crippen LogP contribution in [0.3, 0.4) is 0 Å². The number of rotatable bonds is 1. The van der Waals surface area contributed by atoms with E-state index in [0.717, 1.165) is 6.54 Å². The fourth-order valence-corrected chi connectivity index (χ4v) is 1.89. The lowest BCUT2D eigenvalue weighted by Crippen LogP contribution is -2.22. The summed E-state index contributed by atoms with van der Waals surface area (Å²) in [5, 5.41) is 2.16. The summed E-state index contributed by atoms with van der Waals surface area (Å²) >= 11 is 0. The highest BCUT2D eigenvalue weighted by Crippen LogP contribution is 2.28. The van der Waals surface area contributed by atoms with E-state index in [1.165, 1.54) is 16.9 Å². The molecule has 0 radical (unpaired) electrons. The Balaban J connectivity index is 1.91. The highest BCUT2D eigenvalue weighted by atomic mass is 15.5. The van der Waals surface area contributed by atoms with Crippen molar-refractivity contribution >= 4 is 11.4 Å². The van der Waals surface area contributed by atoms with E-state index in [4.69, 9.17) is 0 Å². The fraction of sp³-hybridized carbons (Fsp3) is 0.0769. The van der Waals surface area contributed by atoms with Crippen molar-refractivity contribution in [1.29, 1.82) is 0 Å². The van der Waals surface area contributed by atoms with E-state index < -0.39 is 0 Å². The second-order valence-corrected chi connectivity index (χ2v) is 3.69. The summed E-state index contributed by atoms with van der Waals surface area (Å²) in [6.07, 6.45) is 0. The Kier molecular flexibility index (Phi) is 1.85. The molecule has 0 bridgehead atoms. The third-order valence-electron chi connectivity index (χ3n) is 2.67. The van der Waals surface area contributed by atoms with Gasteiger partial charge in [0.2, 0.25) is 0 Å². The van der Waals surface area contributed by atoms with Crippen LogP contribution in [0.1, 0.15) is 5.56 Å². The maximum atomic E-state index is 3.38. The molecule has 15 heavy (non-hydrogen) atoms. The van der Waals surface area contributed by atoms with Gasteiger partial charge >= 0.3 is 0 Å². The van der Waals surface area contributed by atoms with Crippen molar-refractivity contribution in [2.75, 3.05) is 10.4 Å². The second kappa shape index (κ2) is 3.31. The van der Waals surface area contributed by atoms with Crippen LogP contribution in [0.2, 0.25) is 0 Å². The van der Waals surface area contributed by atoms with Gasteiger partial charge in [-0.15, -0.1) is 0 Å². The van der Waals surface area contributed by atoms with E-state index in [1.54, 1.807) is 0 Å². The fourth-order valence-electron chi connectivity index (χ4n) is 1.89. The summed E-state index contributed by atoms with van der Waals surface area (Å²) in [4.78, 5) is 0. The van der Waals surface area contributed by atoms with E-state index in [9.17, 15) is 0 Å². The first-order chi connectivity index (χ1) is 7.43. The van der Waals surface area contributed by atoms with Crippen LogP contribution in [0.25, 0.3) is 0 Å². The number of hydrogen-bond acceptors (Lipinski definition) is 2. The van der Waals surface area contributed by atoms with E-state index >= 15 is 0 Å². The summed E-state index contributed by atoms with van der Waals surface area (Å²) in [7, 11) is 0. The van der Waals surface area contributed by atoms with Gasteiger partial charge in [-0.2, -0.15) is 0 Å². The molecule has 1 N–H and O–H groups in total. The molecule has 2 nitrogen and oxygen atoms in total. The zero-order valence-electron chi connectivity index (χ0n) is 8.35. The largest absolute Gasteiger partial charge is 0.298 e. The van der Waals surface area contributed by atoms with E-state index in [2.05, 4.69) is 59.0 Å². The molecule has 74 valence electrons. The monoisotopic (exact) mass is 196 g/mol. The lowest BCUT2D eigenvalue weighted by Gasteiger charge is -2.18. The van der Waals surface area contributed by atoms with Crippen molar-refractivity contribution in [2.45, 2.75) is 6.54 Å². The third kappa shape index (κ3) is 1.44. The molecule has 0 saturated heterocycles. The van der Waals surface area contributed by atoms with Crippen LogP contribution in [0.4, 0.5) is 11.4 Å². The van der Waals surface area contributed by atoms with Crippen LogP contribution in [0, 0.1) is 0 Å². The molecule has 0 aromatic heterocycles. The number of para-hydroxylation sites is 2. The van der Waals surface area contributed by atoms with Crippen molar-refractivity contribution in [2.24, 2.45) is 0 Å². The Bertz CT molecular complexity index is 440. The van der Waals surface area contributed by atoms with Crippen LogP contribution in [0.5, 0.6) is 0 Å². The van der Waals surface area contributed by atoms with Crippen LogP contribution >= 0.6 is 0 Å². The minimum absolute atomic E-state index is 0.931. The Hall–Kier alpha value is -1.96. The van der Waals surface area contributed by atoms with E-state index in [0.29, 0.717) is 0 Å². The molecule has 1 heterocycles. The first-order valence-electron chi connectivity index (χ1n) is 5.11. The zero-order chi connectivity index (χ0) is 10.1. The number of benzene rings is 2. The summed E-state index contributed by atoms with van der Waals surface area (Å²) in [5.74, 6) is 0. The van der Waals surface area contributed by atoms with Crippen molar-refractivity contribution in [1.82, 2.24) is 0 Å². The predicted molar refractivity (Wildman–Crippen MR) is 62.7 cm³/mol. The Morgan fingerprint density at radius 1 is 0.867 bits per heavy atom. The topological polar surface area (TPSA) is 15.3 Å². The van der Waals surface area contributed by atoms with Crippen LogP contribution in [-0.2, 0) is 6.54 Å². The zero-order valence-corrected chi connectivity index (χ0v) is 8.35. The highest BCUT2D eigenvalue weighted by Gasteiger charge is 2.16. The number of hydrogen-bond donors (Lipinski definition) is 1. The lowest BCUT2D eigenvalue weighted by molar-refractivity contribution is 0.970.